The highest BCUT2D eigenvalue weighted by Gasteiger charge is 2.51. The number of fused-ring (bicyclic) bond motifs is 1. The highest BCUT2D eigenvalue weighted by molar-refractivity contribution is 7.13. The topological polar surface area (TPSA) is 45.4 Å². The zero-order valence-corrected chi connectivity index (χ0v) is 15.0. The average Bonchev–Trinajstić information content (AvgIpc) is 2.96. The average molecular weight is 343 g/mol. The fourth-order valence-corrected chi connectivity index (χ4v) is 6.08. The molecule has 1 aromatic heterocycles. The third-order valence-corrected chi connectivity index (χ3v) is 7.20. The Kier molecular flexibility index (Phi) is 3.58. The minimum absolute atomic E-state index is 0.502. The van der Waals surface area contributed by atoms with Crippen molar-refractivity contribution in [3.8, 4) is 0 Å². The zero-order chi connectivity index (χ0) is 16.1. The summed E-state index contributed by atoms with van der Waals surface area (Å²) in [5.41, 5.74) is 6.65. The fraction of sp³-hybridized carbons (Fsp3) is 0.632. The number of aromatic nitrogens is 1. The number of benzene rings is 1. The standard InChI is InChI=1S/C19H26N4S/c20-15-11-19(12-15)9-14(10-19)13-22-5-7-23(8-6-22)18-16-3-1-2-4-17(16)24-21-18/h1-4,14-15H,5-13,20H2. The largest absolute Gasteiger partial charge is 0.353 e. The van der Waals surface area contributed by atoms with Gasteiger partial charge in [0, 0.05) is 44.2 Å². The van der Waals surface area contributed by atoms with Gasteiger partial charge in [0.2, 0.25) is 0 Å². The van der Waals surface area contributed by atoms with Crippen LogP contribution in [-0.4, -0.2) is 48.0 Å². The van der Waals surface area contributed by atoms with Gasteiger partial charge in [-0.3, -0.25) is 4.90 Å². The molecule has 1 aromatic carbocycles. The van der Waals surface area contributed by atoms with Gasteiger partial charge in [0.25, 0.3) is 0 Å². The molecule has 0 radical (unpaired) electrons. The summed E-state index contributed by atoms with van der Waals surface area (Å²) in [7, 11) is 0. The quantitative estimate of drug-likeness (QED) is 0.931. The van der Waals surface area contributed by atoms with Crippen molar-refractivity contribution >= 4 is 27.4 Å². The summed E-state index contributed by atoms with van der Waals surface area (Å²) in [6.45, 7) is 5.86. The second-order valence-electron chi connectivity index (χ2n) is 8.23. The van der Waals surface area contributed by atoms with Gasteiger partial charge >= 0.3 is 0 Å². The maximum Gasteiger partial charge on any atom is 0.150 e. The Hall–Kier alpha value is -1.17. The molecule has 5 heteroatoms. The lowest BCUT2D eigenvalue weighted by Gasteiger charge is -2.58. The molecular weight excluding hydrogens is 316 g/mol. The first-order valence-electron chi connectivity index (χ1n) is 9.28. The molecule has 5 rings (SSSR count). The van der Waals surface area contributed by atoms with Crippen molar-refractivity contribution in [1.29, 1.82) is 0 Å². The monoisotopic (exact) mass is 342 g/mol. The van der Waals surface area contributed by atoms with Gasteiger partial charge in [-0.1, -0.05) is 12.1 Å². The van der Waals surface area contributed by atoms with E-state index in [0.717, 1.165) is 19.0 Å². The van der Waals surface area contributed by atoms with E-state index >= 15 is 0 Å². The smallest absolute Gasteiger partial charge is 0.150 e. The van der Waals surface area contributed by atoms with Crippen molar-refractivity contribution in [2.45, 2.75) is 31.7 Å². The van der Waals surface area contributed by atoms with Gasteiger partial charge in [-0.25, -0.2) is 0 Å². The lowest BCUT2D eigenvalue weighted by atomic mass is 9.50. The number of nitrogens with zero attached hydrogens (tertiary/aromatic N) is 3. The Morgan fingerprint density at radius 2 is 1.83 bits per heavy atom. The first-order valence-corrected chi connectivity index (χ1v) is 10.1. The maximum atomic E-state index is 5.97. The molecule has 4 nitrogen and oxygen atoms in total. The minimum atomic E-state index is 0.502. The summed E-state index contributed by atoms with van der Waals surface area (Å²) < 4.78 is 6.01. The molecule has 0 bridgehead atoms. The second-order valence-corrected chi connectivity index (χ2v) is 9.04. The van der Waals surface area contributed by atoms with E-state index < -0.39 is 0 Å². The van der Waals surface area contributed by atoms with Crippen LogP contribution in [0.4, 0.5) is 5.82 Å². The first-order chi connectivity index (χ1) is 11.7. The lowest BCUT2D eigenvalue weighted by molar-refractivity contribution is -0.0507. The number of nitrogens with two attached hydrogens (primary N) is 1. The fourth-order valence-electron chi connectivity index (χ4n) is 5.29. The van der Waals surface area contributed by atoms with Gasteiger partial charge in [-0.15, -0.1) is 0 Å². The maximum absolute atomic E-state index is 5.97. The summed E-state index contributed by atoms with van der Waals surface area (Å²) in [6, 6.07) is 9.10. The van der Waals surface area contributed by atoms with E-state index in [4.69, 9.17) is 10.1 Å². The van der Waals surface area contributed by atoms with E-state index in [0.29, 0.717) is 11.5 Å². The molecule has 1 aliphatic heterocycles. The van der Waals surface area contributed by atoms with E-state index in [1.807, 2.05) is 0 Å². The van der Waals surface area contributed by atoms with Crippen LogP contribution in [0.3, 0.4) is 0 Å². The van der Waals surface area contributed by atoms with Gasteiger partial charge in [0.05, 0.1) is 4.70 Å². The molecule has 3 fully saturated rings. The summed E-state index contributed by atoms with van der Waals surface area (Å²) in [5.74, 6) is 2.12. The molecule has 2 aliphatic carbocycles. The third-order valence-electron chi connectivity index (χ3n) is 6.38. The lowest BCUT2D eigenvalue weighted by Crippen LogP contribution is -2.56. The van der Waals surface area contributed by atoms with Crippen molar-refractivity contribution < 1.29 is 0 Å². The van der Waals surface area contributed by atoms with Gasteiger partial charge in [-0.05, 0) is 60.7 Å². The van der Waals surface area contributed by atoms with E-state index in [-0.39, 0.29) is 0 Å². The van der Waals surface area contributed by atoms with E-state index in [1.54, 1.807) is 11.5 Å². The molecular formula is C19H26N4S. The van der Waals surface area contributed by atoms with Gasteiger partial charge in [0.1, 0.15) is 5.82 Å². The molecule has 3 aliphatic rings. The summed E-state index contributed by atoms with van der Waals surface area (Å²) >= 11 is 1.63. The molecule has 1 saturated heterocycles. The molecule has 0 amide bonds. The van der Waals surface area contributed by atoms with Gasteiger partial charge in [0.15, 0.2) is 0 Å². The SMILES string of the molecule is NC1CC2(C1)CC(CN1CCN(c3nsc4ccccc34)CC1)C2. The summed E-state index contributed by atoms with van der Waals surface area (Å²) in [6.07, 6.45) is 5.43. The van der Waals surface area contributed by atoms with Crippen molar-refractivity contribution in [2.24, 2.45) is 17.1 Å². The number of piperazine rings is 1. The first kappa shape index (κ1) is 15.1. The van der Waals surface area contributed by atoms with E-state index in [2.05, 4.69) is 34.1 Å². The van der Waals surface area contributed by atoms with Crippen LogP contribution in [-0.2, 0) is 0 Å². The van der Waals surface area contributed by atoms with Crippen LogP contribution in [0.2, 0.25) is 0 Å². The molecule has 2 heterocycles. The molecule has 2 N–H and O–H groups in total. The van der Waals surface area contributed by atoms with Crippen molar-refractivity contribution in [1.82, 2.24) is 9.27 Å². The zero-order valence-electron chi connectivity index (χ0n) is 14.2. The molecule has 2 saturated carbocycles. The number of anilines is 1. The van der Waals surface area contributed by atoms with Crippen LogP contribution in [0.15, 0.2) is 24.3 Å². The van der Waals surface area contributed by atoms with Crippen LogP contribution < -0.4 is 10.6 Å². The number of hydrogen-bond acceptors (Lipinski definition) is 5. The second kappa shape index (κ2) is 5.68. The normalized spacial score (nSPS) is 33.6. The van der Waals surface area contributed by atoms with Crippen molar-refractivity contribution in [2.75, 3.05) is 37.6 Å². The van der Waals surface area contributed by atoms with E-state index in [9.17, 15) is 0 Å². The van der Waals surface area contributed by atoms with Crippen LogP contribution in [0.5, 0.6) is 0 Å². The van der Waals surface area contributed by atoms with Crippen LogP contribution in [0.25, 0.3) is 10.1 Å². The highest BCUT2D eigenvalue weighted by atomic mass is 32.1. The summed E-state index contributed by atoms with van der Waals surface area (Å²) in [5, 5.41) is 1.32. The van der Waals surface area contributed by atoms with Crippen LogP contribution in [0, 0.1) is 11.3 Å². The molecule has 0 unspecified atom stereocenters. The highest BCUT2D eigenvalue weighted by Crippen LogP contribution is 2.58. The predicted molar refractivity (Wildman–Crippen MR) is 101 cm³/mol. The van der Waals surface area contributed by atoms with Crippen LogP contribution in [0.1, 0.15) is 25.7 Å². The predicted octanol–water partition coefficient (Wildman–Crippen LogP) is 2.94. The molecule has 128 valence electrons. The van der Waals surface area contributed by atoms with Gasteiger partial charge in [-0.2, -0.15) is 4.37 Å². The van der Waals surface area contributed by atoms with Crippen LogP contribution >= 0.6 is 11.5 Å². The van der Waals surface area contributed by atoms with Gasteiger partial charge < -0.3 is 10.6 Å². The molecule has 0 atom stereocenters. The Morgan fingerprint density at radius 1 is 1.08 bits per heavy atom. The Morgan fingerprint density at radius 3 is 2.58 bits per heavy atom. The molecule has 1 spiro atoms. The molecule has 24 heavy (non-hydrogen) atoms. The Balaban J connectivity index is 1.15. The summed E-state index contributed by atoms with van der Waals surface area (Å²) in [4.78, 5) is 5.14. The van der Waals surface area contributed by atoms with Crippen molar-refractivity contribution in [3.63, 3.8) is 0 Å². The van der Waals surface area contributed by atoms with Crippen molar-refractivity contribution in [3.05, 3.63) is 24.3 Å². The number of hydrogen-bond donors (Lipinski definition) is 1. The third kappa shape index (κ3) is 2.54. The Labute approximate surface area is 147 Å². The minimum Gasteiger partial charge on any atom is -0.353 e. The Bertz CT molecular complexity index is 720. The number of rotatable bonds is 3. The van der Waals surface area contributed by atoms with E-state index in [1.165, 1.54) is 61.2 Å². The molecule has 2 aromatic rings.